The lowest BCUT2D eigenvalue weighted by atomic mass is 9.96. The highest BCUT2D eigenvalue weighted by Gasteiger charge is 2.22. The second-order valence-electron chi connectivity index (χ2n) is 19.5. The predicted octanol–water partition coefficient (Wildman–Crippen LogP) is 18.2. The van der Waals surface area contributed by atoms with Crippen LogP contribution in [0.2, 0.25) is 0 Å². The summed E-state index contributed by atoms with van der Waals surface area (Å²) in [6.45, 7) is 0. The van der Waals surface area contributed by atoms with Crippen LogP contribution < -0.4 is 0 Å². The van der Waals surface area contributed by atoms with E-state index in [0.717, 1.165) is 116 Å². The van der Waals surface area contributed by atoms with Gasteiger partial charge in [0.1, 0.15) is 22.3 Å². The Morgan fingerprint density at radius 1 is 0.263 bits per heavy atom. The summed E-state index contributed by atoms with van der Waals surface area (Å²) < 4.78 is 17.7. The smallest absolute Gasteiger partial charge is 0.164 e. The SMILES string of the molecule is c1ccc(-c2nc(-c3ccc(-n4c5ccc(-n6c7ccccc7c7ccccc76)cc5c5cccc(-c6cccc(-c7cccc8c7oc7ccccc78)c6)c54)cc3)nc(-c3ccc4c(c3)oc3ccccc34)n2)cc1. The lowest BCUT2D eigenvalue weighted by Gasteiger charge is -2.14. The van der Waals surface area contributed by atoms with Crippen molar-refractivity contribution in [3.05, 3.63) is 249 Å². The first-order chi connectivity index (χ1) is 37.7. The lowest BCUT2D eigenvalue weighted by molar-refractivity contribution is 0.669. The van der Waals surface area contributed by atoms with Crippen LogP contribution in [-0.4, -0.2) is 24.1 Å². The Balaban J connectivity index is 0.880. The van der Waals surface area contributed by atoms with Crippen molar-refractivity contribution in [2.75, 3.05) is 0 Å². The summed E-state index contributed by atoms with van der Waals surface area (Å²) in [6, 6.07) is 87.7. The minimum absolute atomic E-state index is 0.570. The van der Waals surface area contributed by atoms with Gasteiger partial charge in [-0.3, -0.25) is 0 Å². The predicted molar refractivity (Wildman–Crippen MR) is 310 cm³/mol. The van der Waals surface area contributed by atoms with Gasteiger partial charge in [0.15, 0.2) is 17.5 Å². The topological polar surface area (TPSA) is 74.8 Å². The molecule has 0 fully saturated rings. The number of fused-ring (bicyclic) bond motifs is 12. The first-order valence-corrected chi connectivity index (χ1v) is 25.6. The molecule has 0 amide bonds. The number of aromatic nitrogens is 5. The monoisotopic (exact) mass is 971 g/mol. The highest BCUT2D eigenvalue weighted by molar-refractivity contribution is 6.16. The van der Waals surface area contributed by atoms with E-state index in [4.69, 9.17) is 23.8 Å². The number of benzene rings is 11. The van der Waals surface area contributed by atoms with E-state index in [-0.39, 0.29) is 0 Å². The third-order valence-electron chi connectivity index (χ3n) is 15.2. The first kappa shape index (κ1) is 42.2. The summed E-state index contributed by atoms with van der Waals surface area (Å²) in [7, 11) is 0. The standard InChI is InChI=1S/C69H41N5O2/c1-2-15-42(16-3-1)67-70-68(72-69(71-67)46-33-37-55-53-21-6-10-29-62(53)75-64(55)40-46)43-31-34-47(35-32-43)74-61-38-36-48(73-59-27-8-4-19-51(59)52-20-5-9-28-60(52)73)41-58(61)56-25-13-23-49(65(56)74)44-17-12-18-45(39-44)50-24-14-26-57-54-22-7-11-30-63(54)76-66(50)57/h1-41H. The van der Waals surface area contributed by atoms with Crippen LogP contribution in [0.3, 0.4) is 0 Å². The molecule has 16 rings (SSSR count). The molecule has 0 radical (unpaired) electrons. The van der Waals surface area contributed by atoms with Gasteiger partial charge >= 0.3 is 0 Å². The molecule has 0 aliphatic rings. The van der Waals surface area contributed by atoms with Crippen LogP contribution in [-0.2, 0) is 0 Å². The molecule has 11 aromatic carbocycles. The van der Waals surface area contributed by atoms with Crippen LogP contribution >= 0.6 is 0 Å². The second kappa shape index (κ2) is 16.6. The third-order valence-corrected chi connectivity index (χ3v) is 15.2. The number of furan rings is 2. The molecule has 16 aromatic rings. The van der Waals surface area contributed by atoms with Gasteiger partial charge in [-0.05, 0) is 96.1 Å². The summed E-state index contributed by atoms with van der Waals surface area (Å²) in [5.41, 5.74) is 17.1. The maximum absolute atomic E-state index is 6.57. The maximum Gasteiger partial charge on any atom is 0.164 e. The molecule has 0 bridgehead atoms. The van der Waals surface area contributed by atoms with Crippen molar-refractivity contribution < 1.29 is 8.83 Å². The van der Waals surface area contributed by atoms with Gasteiger partial charge in [-0.1, -0.05) is 164 Å². The van der Waals surface area contributed by atoms with Crippen LogP contribution in [0, 0.1) is 0 Å². The van der Waals surface area contributed by atoms with Crippen molar-refractivity contribution in [2.45, 2.75) is 0 Å². The van der Waals surface area contributed by atoms with E-state index in [0.29, 0.717) is 17.5 Å². The molecule has 0 N–H and O–H groups in total. The summed E-state index contributed by atoms with van der Waals surface area (Å²) in [5, 5.41) is 9.12. The number of hydrogen-bond acceptors (Lipinski definition) is 5. The minimum atomic E-state index is 0.570. The molecular weight excluding hydrogens is 931 g/mol. The highest BCUT2D eigenvalue weighted by atomic mass is 16.3. The quantitative estimate of drug-likeness (QED) is 0.159. The number of hydrogen-bond donors (Lipinski definition) is 0. The Morgan fingerprint density at radius 3 is 1.50 bits per heavy atom. The van der Waals surface area contributed by atoms with Gasteiger partial charge < -0.3 is 18.0 Å². The molecule has 0 aliphatic heterocycles. The molecule has 0 unspecified atom stereocenters. The van der Waals surface area contributed by atoms with Gasteiger partial charge in [0.25, 0.3) is 0 Å². The second-order valence-corrected chi connectivity index (χ2v) is 19.5. The molecule has 5 aromatic heterocycles. The van der Waals surface area contributed by atoms with Crippen LogP contribution in [0.25, 0.3) is 155 Å². The van der Waals surface area contributed by atoms with Crippen molar-refractivity contribution in [2.24, 2.45) is 0 Å². The molecular formula is C69H41N5O2. The number of rotatable bonds is 7. The maximum atomic E-state index is 6.57. The minimum Gasteiger partial charge on any atom is -0.456 e. The molecule has 0 saturated carbocycles. The van der Waals surface area contributed by atoms with E-state index in [1.54, 1.807) is 0 Å². The third kappa shape index (κ3) is 6.52. The van der Waals surface area contributed by atoms with Crippen molar-refractivity contribution in [1.82, 2.24) is 24.1 Å². The molecule has 5 heterocycles. The van der Waals surface area contributed by atoms with E-state index in [1.165, 1.54) is 21.8 Å². The average molecular weight is 972 g/mol. The summed E-state index contributed by atoms with van der Waals surface area (Å²) >= 11 is 0. The van der Waals surface area contributed by atoms with Crippen LogP contribution in [0.5, 0.6) is 0 Å². The Kier molecular flexibility index (Phi) is 9.20. The van der Waals surface area contributed by atoms with Gasteiger partial charge in [-0.15, -0.1) is 0 Å². The van der Waals surface area contributed by atoms with E-state index in [9.17, 15) is 0 Å². The van der Waals surface area contributed by atoms with E-state index in [2.05, 4.69) is 191 Å². The Morgan fingerprint density at radius 2 is 0.763 bits per heavy atom. The van der Waals surface area contributed by atoms with Crippen molar-refractivity contribution in [1.29, 1.82) is 0 Å². The molecule has 7 heteroatoms. The van der Waals surface area contributed by atoms with Crippen LogP contribution in [0.1, 0.15) is 0 Å². The zero-order chi connectivity index (χ0) is 49.8. The van der Waals surface area contributed by atoms with Crippen LogP contribution in [0.4, 0.5) is 0 Å². The fourth-order valence-electron chi connectivity index (χ4n) is 11.7. The van der Waals surface area contributed by atoms with E-state index >= 15 is 0 Å². The zero-order valence-corrected chi connectivity index (χ0v) is 40.7. The average Bonchev–Trinajstić information content (AvgIpc) is 4.27. The highest BCUT2D eigenvalue weighted by Crippen LogP contribution is 2.43. The Labute approximate surface area is 434 Å². The molecule has 0 spiro atoms. The molecule has 0 aliphatic carbocycles. The molecule has 0 atom stereocenters. The molecule has 0 saturated heterocycles. The van der Waals surface area contributed by atoms with Gasteiger partial charge in [0, 0.05) is 82.3 Å². The summed E-state index contributed by atoms with van der Waals surface area (Å²) in [5.74, 6) is 1.74. The number of nitrogens with zero attached hydrogens (tertiary/aromatic N) is 5. The van der Waals surface area contributed by atoms with Crippen LogP contribution in [0.15, 0.2) is 258 Å². The Hall–Kier alpha value is -10.4. The van der Waals surface area contributed by atoms with Gasteiger partial charge in [-0.2, -0.15) is 0 Å². The fourth-order valence-corrected chi connectivity index (χ4v) is 11.7. The van der Waals surface area contributed by atoms with Crippen molar-refractivity contribution in [3.63, 3.8) is 0 Å². The molecule has 76 heavy (non-hydrogen) atoms. The largest absolute Gasteiger partial charge is 0.456 e. The zero-order valence-electron chi connectivity index (χ0n) is 40.7. The van der Waals surface area contributed by atoms with Gasteiger partial charge in [0.2, 0.25) is 0 Å². The fraction of sp³-hybridized carbons (Fsp3) is 0. The number of para-hydroxylation sites is 6. The summed E-state index contributed by atoms with van der Waals surface area (Å²) in [4.78, 5) is 15.3. The van der Waals surface area contributed by atoms with Crippen molar-refractivity contribution >= 4 is 87.5 Å². The van der Waals surface area contributed by atoms with Gasteiger partial charge in [-0.25, -0.2) is 15.0 Å². The normalized spacial score (nSPS) is 11.9. The van der Waals surface area contributed by atoms with E-state index in [1.807, 2.05) is 66.7 Å². The Bertz CT molecular complexity index is 4950. The van der Waals surface area contributed by atoms with Gasteiger partial charge in [0.05, 0.1) is 22.1 Å². The summed E-state index contributed by atoms with van der Waals surface area (Å²) in [6.07, 6.45) is 0. The molecule has 7 nitrogen and oxygen atoms in total. The molecule has 354 valence electrons. The van der Waals surface area contributed by atoms with Crippen molar-refractivity contribution in [3.8, 4) is 67.8 Å². The lowest BCUT2D eigenvalue weighted by Crippen LogP contribution is -2.01. The first-order valence-electron chi connectivity index (χ1n) is 25.6. The van der Waals surface area contributed by atoms with E-state index < -0.39 is 0 Å².